The summed E-state index contributed by atoms with van der Waals surface area (Å²) in [5, 5.41) is 0. The molecule has 0 aromatic heterocycles. The molecule has 1 aliphatic rings. The van der Waals surface area contributed by atoms with Crippen molar-refractivity contribution in [3.05, 3.63) is 35.9 Å². The molecule has 17 heavy (non-hydrogen) atoms. The number of rotatable bonds is 3. The molecule has 2 heteroatoms. The van der Waals surface area contributed by atoms with Crippen molar-refractivity contribution in [1.82, 2.24) is 0 Å². The molecule has 0 amide bonds. The molecule has 1 heterocycles. The Balaban J connectivity index is 1.92. The molecular weight excluding hydrogens is 208 g/mol. The zero-order valence-electron chi connectivity index (χ0n) is 10.3. The van der Waals surface area contributed by atoms with Gasteiger partial charge in [0.1, 0.15) is 6.54 Å². The summed E-state index contributed by atoms with van der Waals surface area (Å²) in [7, 11) is 0. The number of nitrogens with two attached hydrogens (primary N) is 1. The largest absolute Gasteiger partial charge is 0.247 e. The van der Waals surface area contributed by atoms with Crippen molar-refractivity contribution in [2.45, 2.75) is 25.2 Å². The van der Waals surface area contributed by atoms with Crippen LogP contribution >= 0.6 is 0 Å². The first-order valence-electron chi connectivity index (χ1n) is 6.36. The molecule has 1 saturated heterocycles. The van der Waals surface area contributed by atoms with Gasteiger partial charge in [-0.15, -0.1) is 12.3 Å². The molecule has 1 aliphatic heterocycles. The average Bonchev–Trinajstić information content (AvgIpc) is 2.38. The Kier molecular flexibility index (Phi) is 3.83. The summed E-state index contributed by atoms with van der Waals surface area (Å²) in [5.74, 6) is 9.69. The minimum Gasteiger partial charge on any atom is -0.247 e. The fourth-order valence-electron chi connectivity index (χ4n) is 2.65. The van der Waals surface area contributed by atoms with E-state index in [4.69, 9.17) is 12.3 Å². The Morgan fingerprint density at radius 2 is 1.88 bits per heavy atom. The van der Waals surface area contributed by atoms with E-state index in [1.54, 1.807) is 0 Å². The van der Waals surface area contributed by atoms with Gasteiger partial charge in [0.2, 0.25) is 0 Å². The molecular formula is C15H21N2+. The third kappa shape index (κ3) is 3.09. The molecule has 0 atom stereocenters. The maximum Gasteiger partial charge on any atom is 0.107 e. The van der Waals surface area contributed by atoms with Crippen LogP contribution in [0.5, 0.6) is 0 Å². The van der Waals surface area contributed by atoms with Gasteiger partial charge in [-0.1, -0.05) is 30.3 Å². The van der Waals surface area contributed by atoms with Crippen molar-refractivity contribution in [2.24, 2.45) is 5.84 Å². The summed E-state index contributed by atoms with van der Waals surface area (Å²) in [4.78, 5) is 0. The molecule has 1 fully saturated rings. The minimum atomic E-state index is 0.660. The number of quaternary nitrogens is 1. The highest BCUT2D eigenvalue weighted by Gasteiger charge is 2.31. The van der Waals surface area contributed by atoms with Crippen molar-refractivity contribution < 1.29 is 4.59 Å². The molecule has 1 aromatic rings. The molecule has 2 rings (SSSR count). The van der Waals surface area contributed by atoms with E-state index in [9.17, 15) is 0 Å². The minimum absolute atomic E-state index is 0.660. The fraction of sp³-hybridized carbons (Fsp3) is 0.467. The maximum absolute atomic E-state index is 6.33. The number of hydrogen-bond donors (Lipinski definition) is 1. The number of terminal acetylenes is 1. The Hall–Kier alpha value is -1.30. The second-order valence-corrected chi connectivity index (χ2v) is 5.03. The standard InChI is InChI=1S/C15H21N2/c1-2-3-11-17(16)12-9-15(10-13-17)14-7-5-4-6-8-14/h1,4-8,15H,3,9-13,16H2/q+1. The molecule has 90 valence electrons. The number of likely N-dealkylation sites (tertiary alicyclic amines) is 1. The lowest BCUT2D eigenvalue weighted by Gasteiger charge is -2.38. The van der Waals surface area contributed by atoms with Crippen LogP contribution in [-0.4, -0.2) is 24.2 Å². The van der Waals surface area contributed by atoms with E-state index in [1.807, 2.05) is 0 Å². The molecule has 0 bridgehead atoms. The third-order valence-corrected chi connectivity index (χ3v) is 3.82. The van der Waals surface area contributed by atoms with Gasteiger partial charge < -0.3 is 0 Å². The summed E-state index contributed by atoms with van der Waals surface area (Å²) in [6.07, 6.45) is 8.44. The van der Waals surface area contributed by atoms with E-state index in [1.165, 1.54) is 18.4 Å². The average molecular weight is 229 g/mol. The first-order valence-corrected chi connectivity index (χ1v) is 6.36. The van der Waals surface area contributed by atoms with Crippen LogP contribution in [-0.2, 0) is 0 Å². The van der Waals surface area contributed by atoms with Gasteiger partial charge in [-0.05, 0) is 11.5 Å². The quantitative estimate of drug-likeness (QED) is 0.480. The zero-order valence-corrected chi connectivity index (χ0v) is 10.3. The summed E-state index contributed by atoms with van der Waals surface area (Å²) >= 11 is 0. The highest BCUT2D eigenvalue weighted by Crippen LogP contribution is 2.29. The first kappa shape index (κ1) is 12.2. The molecule has 0 unspecified atom stereocenters. The van der Waals surface area contributed by atoms with Crippen LogP contribution in [0, 0.1) is 12.3 Å². The lowest BCUT2D eigenvalue weighted by Crippen LogP contribution is -2.58. The van der Waals surface area contributed by atoms with Crippen LogP contribution < -0.4 is 5.84 Å². The van der Waals surface area contributed by atoms with Crippen LogP contribution in [0.2, 0.25) is 0 Å². The van der Waals surface area contributed by atoms with Crippen LogP contribution in [0.3, 0.4) is 0 Å². The lowest BCUT2D eigenvalue weighted by atomic mass is 9.89. The van der Waals surface area contributed by atoms with E-state index >= 15 is 0 Å². The predicted molar refractivity (Wildman–Crippen MR) is 70.9 cm³/mol. The molecule has 0 aliphatic carbocycles. The van der Waals surface area contributed by atoms with Crippen molar-refractivity contribution in [3.63, 3.8) is 0 Å². The maximum atomic E-state index is 6.33. The SMILES string of the molecule is C#CCC[N+]1(N)CCC(c2ccccc2)CC1. The Morgan fingerprint density at radius 3 is 2.47 bits per heavy atom. The Bertz CT molecular complexity index is 383. The van der Waals surface area contributed by atoms with E-state index in [0.29, 0.717) is 10.5 Å². The number of nitrogens with zero attached hydrogens (tertiary/aromatic N) is 1. The van der Waals surface area contributed by atoms with Gasteiger partial charge in [0.05, 0.1) is 19.5 Å². The molecule has 0 spiro atoms. The van der Waals surface area contributed by atoms with Gasteiger partial charge >= 0.3 is 0 Å². The molecule has 2 nitrogen and oxygen atoms in total. The second kappa shape index (κ2) is 5.35. The van der Waals surface area contributed by atoms with Gasteiger partial charge in [0.15, 0.2) is 0 Å². The zero-order chi connectivity index (χ0) is 12.1. The van der Waals surface area contributed by atoms with Crippen LogP contribution in [0.25, 0.3) is 0 Å². The fourth-order valence-corrected chi connectivity index (χ4v) is 2.65. The van der Waals surface area contributed by atoms with Crippen LogP contribution in [0.1, 0.15) is 30.7 Å². The summed E-state index contributed by atoms with van der Waals surface area (Å²) in [5.41, 5.74) is 1.45. The van der Waals surface area contributed by atoms with E-state index < -0.39 is 0 Å². The Labute approximate surface area is 104 Å². The normalized spacial score (nSPS) is 28.6. The molecule has 2 N–H and O–H groups in total. The topological polar surface area (TPSA) is 26.0 Å². The summed E-state index contributed by atoms with van der Waals surface area (Å²) in [6.45, 7) is 3.00. The second-order valence-electron chi connectivity index (χ2n) is 5.03. The Morgan fingerprint density at radius 1 is 1.24 bits per heavy atom. The summed E-state index contributed by atoms with van der Waals surface area (Å²) in [6, 6.07) is 10.8. The first-order chi connectivity index (χ1) is 8.23. The predicted octanol–water partition coefficient (Wildman–Crippen LogP) is 2.28. The van der Waals surface area contributed by atoms with Crippen molar-refractivity contribution >= 4 is 0 Å². The van der Waals surface area contributed by atoms with Gasteiger partial charge in [-0.2, -0.15) is 5.84 Å². The number of hydrogen-bond acceptors (Lipinski definition) is 1. The smallest absolute Gasteiger partial charge is 0.107 e. The monoisotopic (exact) mass is 229 g/mol. The van der Waals surface area contributed by atoms with E-state index in [2.05, 4.69) is 36.3 Å². The van der Waals surface area contributed by atoms with Crippen LogP contribution in [0.15, 0.2) is 30.3 Å². The van der Waals surface area contributed by atoms with E-state index in [-0.39, 0.29) is 0 Å². The highest BCUT2D eigenvalue weighted by molar-refractivity contribution is 5.19. The number of benzene rings is 1. The molecule has 0 radical (unpaired) electrons. The van der Waals surface area contributed by atoms with Gasteiger partial charge in [-0.25, -0.2) is 4.59 Å². The van der Waals surface area contributed by atoms with Gasteiger partial charge in [0.25, 0.3) is 0 Å². The van der Waals surface area contributed by atoms with Gasteiger partial charge in [-0.3, -0.25) is 0 Å². The lowest BCUT2D eigenvalue weighted by molar-refractivity contribution is -0.944. The van der Waals surface area contributed by atoms with E-state index in [0.717, 1.165) is 26.1 Å². The van der Waals surface area contributed by atoms with Crippen LogP contribution in [0.4, 0.5) is 0 Å². The number of piperidine rings is 1. The summed E-state index contributed by atoms with van der Waals surface area (Å²) < 4.78 is 0.660. The molecule has 1 aromatic carbocycles. The molecule has 0 saturated carbocycles. The van der Waals surface area contributed by atoms with Crippen molar-refractivity contribution in [3.8, 4) is 12.3 Å². The van der Waals surface area contributed by atoms with Gasteiger partial charge in [0, 0.05) is 12.8 Å². The van der Waals surface area contributed by atoms with Crippen molar-refractivity contribution in [2.75, 3.05) is 19.6 Å². The van der Waals surface area contributed by atoms with Crippen molar-refractivity contribution in [1.29, 1.82) is 0 Å². The third-order valence-electron chi connectivity index (χ3n) is 3.82. The highest BCUT2D eigenvalue weighted by atomic mass is 15.6.